The van der Waals surface area contributed by atoms with Gasteiger partial charge in [-0.25, -0.2) is 0 Å². The first-order valence-corrected chi connectivity index (χ1v) is 47.5. The Kier molecular flexibility index (Phi) is 48.5. The number of carbonyl (C=O) groups is 6. The van der Waals surface area contributed by atoms with E-state index in [1.165, 1.54) is 0 Å². The Hall–Kier alpha value is -8.80. The molecule has 6 aromatic carbocycles. The number of carbonyl (C=O) groups excluding carboxylic acids is 6. The van der Waals surface area contributed by atoms with Crippen molar-refractivity contribution in [3.63, 3.8) is 0 Å². The van der Waals surface area contributed by atoms with E-state index in [1.807, 2.05) is 164 Å². The van der Waals surface area contributed by atoms with Crippen molar-refractivity contribution in [1.82, 2.24) is 20.0 Å². The average molecular weight is 1850 g/mol. The van der Waals surface area contributed by atoms with E-state index >= 15 is 0 Å². The van der Waals surface area contributed by atoms with Gasteiger partial charge < -0.3 is 107 Å². The third-order valence-corrected chi connectivity index (χ3v) is 24.5. The van der Waals surface area contributed by atoms with Crippen LogP contribution in [0.1, 0.15) is 154 Å². The van der Waals surface area contributed by atoms with Gasteiger partial charge in [0.25, 0.3) is 0 Å². The van der Waals surface area contributed by atoms with Crippen LogP contribution in [-0.4, -0.2) is 305 Å². The van der Waals surface area contributed by atoms with Crippen LogP contribution in [-0.2, 0) is 78.2 Å². The third kappa shape index (κ3) is 42.0. The SMILES string of the molecule is CC(C)CCC(=O)OCC(O)COc1ccc(C(C)(C)c2ccc(OCC(O)COC(=O)CCN(CCC(=O)OCC(O)COc3ccc(C(C)(C)c4ccc(OCC(O)COC(=O)CCSCCSCCC(=O)OCC(O)COc5ccc(C(C)(C)c6ccc(OCC(O)COC(=O)CCNCCCN(C)C(C)C)cc6)cc5)cc4)cc3)CCN3CCOCC3)cc2)cc1. The molecule has 0 spiro atoms. The summed E-state index contributed by atoms with van der Waals surface area (Å²) in [6.45, 7) is 26.1. The minimum absolute atomic E-state index is 0.0104. The molecule has 6 atom stereocenters. The number of hydrogen-bond donors (Lipinski definition) is 7. The maximum atomic E-state index is 13.0. The predicted octanol–water partition coefficient (Wildman–Crippen LogP) is 10.6. The normalized spacial score (nSPS) is 14.1. The van der Waals surface area contributed by atoms with Crippen molar-refractivity contribution in [3.8, 4) is 34.5 Å². The van der Waals surface area contributed by atoms with Crippen molar-refractivity contribution in [3.05, 3.63) is 179 Å². The first-order valence-electron chi connectivity index (χ1n) is 45.2. The Balaban J connectivity index is 0.679. The molecule has 6 unspecified atom stereocenters. The Morgan fingerprint density at radius 3 is 0.908 bits per heavy atom. The minimum atomic E-state index is -1.11. The number of aliphatic hydroxyl groups is 6. The van der Waals surface area contributed by atoms with Gasteiger partial charge in [0.15, 0.2) is 0 Å². The van der Waals surface area contributed by atoms with E-state index in [0.29, 0.717) is 110 Å². The summed E-state index contributed by atoms with van der Waals surface area (Å²) in [4.78, 5) is 81.6. The van der Waals surface area contributed by atoms with E-state index in [9.17, 15) is 59.4 Å². The highest BCUT2D eigenvalue weighted by Crippen LogP contribution is 2.37. The lowest BCUT2D eigenvalue weighted by Crippen LogP contribution is -2.42. The van der Waals surface area contributed by atoms with Gasteiger partial charge in [-0.1, -0.05) is 128 Å². The van der Waals surface area contributed by atoms with Crippen LogP contribution in [0.3, 0.4) is 0 Å². The minimum Gasteiger partial charge on any atom is -0.491 e. The van der Waals surface area contributed by atoms with E-state index in [2.05, 4.69) is 77.6 Å². The molecule has 720 valence electrons. The molecule has 29 nitrogen and oxygen atoms in total. The van der Waals surface area contributed by atoms with E-state index in [1.54, 1.807) is 23.5 Å². The quantitative estimate of drug-likeness (QED) is 0.0106. The van der Waals surface area contributed by atoms with Gasteiger partial charge >= 0.3 is 35.8 Å². The van der Waals surface area contributed by atoms with Crippen molar-refractivity contribution >= 4 is 59.3 Å². The number of rotatable bonds is 65. The number of morpholine rings is 1. The van der Waals surface area contributed by atoms with E-state index in [-0.39, 0.29) is 129 Å². The molecule has 0 saturated carbocycles. The number of esters is 6. The Bertz CT molecular complexity index is 4220. The van der Waals surface area contributed by atoms with Gasteiger partial charge in [-0.05, 0) is 159 Å². The number of hydrogen-bond acceptors (Lipinski definition) is 31. The Morgan fingerprint density at radius 2 is 0.631 bits per heavy atom. The highest BCUT2D eigenvalue weighted by Gasteiger charge is 2.29. The van der Waals surface area contributed by atoms with Gasteiger partial charge in [0, 0.05) is 97.5 Å². The molecule has 1 heterocycles. The molecule has 0 radical (unpaired) electrons. The van der Waals surface area contributed by atoms with Crippen molar-refractivity contribution in [2.45, 2.75) is 180 Å². The monoisotopic (exact) mass is 1850 g/mol. The molecule has 0 bridgehead atoms. The average Bonchev–Trinajstić information content (AvgIpc) is 0.811. The first-order chi connectivity index (χ1) is 62.2. The smallest absolute Gasteiger partial charge is 0.307 e. The first kappa shape index (κ1) is 108. The molecule has 6 aromatic rings. The van der Waals surface area contributed by atoms with Gasteiger partial charge in [-0.3, -0.25) is 33.7 Å². The maximum Gasteiger partial charge on any atom is 0.307 e. The highest BCUT2D eigenvalue weighted by molar-refractivity contribution is 8.02. The molecule has 31 heteroatoms. The molecule has 7 N–H and O–H groups in total. The van der Waals surface area contributed by atoms with Crippen LogP contribution in [0.5, 0.6) is 34.5 Å². The molecule has 1 aliphatic heterocycles. The largest absolute Gasteiger partial charge is 0.491 e. The second kappa shape index (κ2) is 58.3. The summed E-state index contributed by atoms with van der Waals surface area (Å²) < 4.78 is 72.4. The van der Waals surface area contributed by atoms with E-state index in [0.717, 1.165) is 83.9 Å². The fourth-order valence-corrected chi connectivity index (χ4v) is 15.3. The number of thioether (sulfide) groups is 2. The summed E-state index contributed by atoms with van der Waals surface area (Å²) >= 11 is 3.16. The summed E-state index contributed by atoms with van der Waals surface area (Å²) in [6, 6.07) is 45.8. The summed E-state index contributed by atoms with van der Waals surface area (Å²) in [5, 5.41) is 66.6. The number of nitrogens with zero attached hydrogens (tertiary/aromatic N) is 3. The summed E-state index contributed by atoms with van der Waals surface area (Å²) in [6.07, 6.45) is -3.59. The fourth-order valence-electron chi connectivity index (χ4n) is 13.3. The predicted molar refractivity (Wildman–Crippen MR) is 501 cm³/mol. The highest BCUT2D eigenvalue weighted by atomic mass is 32.2. The van der Waals surface area contributed by atoms with E-state index in [4.69, 9.17) is 61.6 Å². The molecule has 7 rings (SSSR count). The molecule has 1 fully saturated rings. The molecule has 0 aliphatic carbocycles. The number of ether oxygens (including phenoxy) is 13. The van der Waals surface area contributed by atoms with Crippen LogP contribution in [0, 0.1) is 5.92 Å². The van der Waals surface area contributed by atoms with Crippen LogP contribution >= 0.6 is 23.5 Å². The molecular formula is C99H142N4O25S2. The van der Waals surface area contributed by atoms with Crippen molar-refractivity contribution in [1.29, 1.82) is 0 Å². The molecule has 130 heavy (non-hydrogen) atoms. The number of benzene rings is 6. The van der Waals surface area contributed by atoms with Crippen LogP contribution in [0.4, 0.5) is 0 Å². The standard InChI is InChI=1S/C99H142N4O25S2/c1-71(2)13-38-91(110)123-65-79(104)59-117-85-26-14-73(15-27-85)97(5,6)75-18-30-87(31-19-75)119-61-81(106)67-125-93(112)40-47-102(49-50-103-51-53-116-54-52-103)48-41-94(113)126-68-82(107)62-120-88-32-20-76(21-33-88)99(9,10)78-24-36-90(37-25-78)122-64-84(109)70-128-96(115)43-56-130-58-57-129-55-42-95(114)127-69-83(108)63-121-89-34-22-77(23-35-89)98(7,8)74-16-28-86(29-17-74)118-60-80(105)66-124-92(111)39-45-100-44-12-46-101(11)72(3)4/h14-37,71-72,79-84,100,104-109H,12-13,38-70H2,1-11H3. The third-order valence-electron chi connectivity index (χ3n) is 22.3. The summed E-state index contributed by atoms with van der Waals surface area (Å²) in [5.41, 5.74) is 4.85. The molecule has 1 aliphatic rings. The Labute approximate surface area is 776 Å². The van der Waals surface area contributed by atoms with Gasteiger partial charge in [-0.15, -0.1) is 0 Å². The molecule has 0 aromatic heterocycles. The number of nitrogens with one attached hydrogen (secondary N) is 1. The zero-order chi connectivity index (χ0) is 94.3. The fraction of sp³-hybridized carbons (Fsp3) is 0.576. The van der Waals surface area contributed by atoms with Crippen LogP contribution in [0.15, 0.2) is 146 Å². The van der Waals surface area contributed by atoms with Crippen LogP contribution in [0.2, 0.25) is 0 Å². The topological polar surface area (TPSA) is 366 Å². The lowest BCUT2D eigenvalue weighted by atomic mass is 9.78. The van der Waals surface area contributed by atoms with Gasteiger partial charge in [0.05, 0.1) is 45.3 Å². The number of aliphatic hydroxyl groups excluding tert-OH is 6. The van der Waals surface area contributed by atoms with Crippen molar-refractivity contribution < 1.29 is 121 Å². The Morgan fingerprint density at radius 1 is 0.362 bits per heavy atom. The van der Waals surface area contributed by atoms with Crippen molar-refractivity contribution in [2.75, 3.05) is 181 Å². The maximum absolute atomic E-state index is 13.0. The van der Waals surface area contributed by atoms with Gasteiger partial charge in [0.2, 0.25) is 0 Å². The zero-order valence-electron chi connectivity index (χ0n) is 77.8. The summed E-state index contributed by atoms with van der Waals surface area (Å²) in [5.74, 6) is 3.61. The van der Waals surface area contributed by atoms with Crippen LogP contribution in [0.25, 0.3) is 0 Å². The second-order valence-corrected chi connectivity index (χ2v) is 37.2. The van der Waals surface area contributed by atoms with E-state index < -0.39 is 71.3 Å². The van der Waals surface area contributed by atoms with Gasteiger partial charge in [0.1, 0.15) is 150 Å². The van der Waals surface area contributed by atoms with Crippen LogP contribution < -0.4 is 33.7 Å². The lowest BCUT2D eigenvalue weighted by Gasteiger charge is -2.30. The second-order valence-electron chi connectivity index (χ2n) is 34.8. The lowest BCUT2D eigenvalue weighted by molar-refractivity contribution is -0.149. The molecular weight excluding hydrogens is 1710 g/mol. The summed E-state index contributed by atoms with van der Waals surface area (Å²) in [7, 11) is 2.09. The molecule has 0 amide bonds. The zero-order valence-corrected chi connectivity index (χ0v) is 79.5. The van der Waals surface area contributed by atoms with Gasteiger partial charge in [-0.2, -0.15) is 23.5 Å². The molecule has 1 saturated heterocycles. The van der Waals surface area contributed by atoms with Crippen molar-refractivity contribution in [2.24, 2.45) is 5.92 Å².